The number of rotatable bonds is 6. The van der Waals surface area contributed by atoms with E-state index in [1.807, 2.05) is 24.0 Å². The molecule has 3 atom stereocenters. The Morgan fingerprint density at radius 1 is 1.27 bits per heavy atom. The normalized spacial score (nSPS) is 21.8. The van der Waals surface area contributed by atoms with Gasteiger partial charge in [0, 0.05) is 31.1 Å². The fourth-order valence-electron chi connectivity index (χ4n) is 5.03. The summed E-state index contributed by atoms with van der Waals surface area (Å²) >= 11 is 3.29. The van der Waals surface area contributed by atoms with E-state index in [-0.39, 0.29) is 11.2 Å². The van der Waals surface area contributed by atoms with Crippen molar-refractivity contribution in [2.24, 2.45) is 11.8 Å². The lowest BCUT2D eigenvalue weighted by Crippen LogP contribution is -2.40. The molecule has 0 spiro atoms. The van der Waals surface area contributed by atoms with Crippen LogP contribution in [0.3, 0.4) is 0 Å². The van der Waals surface area contributed by atoms with Gasteiger partial charge in [0.1, 0.15) is 5.76 Å². The molecular formula is C24H31N5O2S2. The van der Waals surface area contributed by atoms with Crippen LogP contribution in [0.4, 0.5) is 5.95 Å². The summed E-state index contributed by atoms with van der Waals surface area (Å²) in [5.74, 6) is 3.11. The lowest BCUT2D eigenvalue weighted by Gasteiger charge is -2.35. The predicted octanol–water partition coefficient (Wildman–Crippen LogP) is 4.53. The monoisotopic (exact) mass is 485 g/mol. The van der Waals surface area contributed by atoms with Crippen LogP contribution in [0.5, 0.6) is 0 Å². The molecule has 0 radical (unpaired) electrons. The van der Waals surface area contributed by atoms with Crippen molar-refractivity contribution in [3.05, 3.63) is 46.0 Å². The molecule has 7 nitrogen and oxygen atoms in total. The number of anilines is 1. The second-order valence-electron chi connectivity index (χ2n) is 9.44. The quantitative estimate of drug-likeness (QED) is 0.478. The highest BCUT2D eigenvalue weighted by Crippen LogP contribution is 2.32. The molecule has 176 valence electrons. The highest BCUT2D eigenvalue weighted by molar-refractivity contribution is 8.00. The average molecular weight is 486 g/mol. The van der Waals surface area contributed by atoms with E-state index < -0.39 is 0 Å². The maximum Gasteiger partial charge on any atom is 0.236 e. The van der Waals surface area contributed by atoms with Gasteiger partial charge >= 0.3 is 0 Å². The van der Waals surface area contributed by atoms with Gasteiger partial charge in [0.15, 0.2) is 5.16 Å². The van der Waals surface area contributed by atoms with Gasteiger partial charge in [-0.05, 0) is 60.7 Å². The Morgan fingerprint density at radius 3 is 2.85 bits per heavy atom. The predicted molar refractivity (Wildman–Crippen MR) is 132 cm³/mol. The van der Waals surface area contributed by atoms with Crippen LogP contribution in [-0.2, 0) is 24.3 Å². The van der Waals surface area contributed by atoms with Gasteiger partial charge in [-0.15, -0.1) is 21.5 Å². The molecule has 1 amide bonds. The number of furan rings is 1. The van der Waals surface area contributed by atoms with Crippen molar-refractivity contribution in [1.29, 1.82) is 0 Å². The van der Waals surface area contributed by atoms with Crippen LogP contribution in [0.2, 0.25) is 0 Å². The second-order valence-corrected chi connectivity index (χ2v) is 11.7. The minimum atomic E-state index is -0.239. The van der Waals surface area contributed by atoms with E-state index in [1.165, 1.54) is 28.6 Å². The molecule has 5 heterocycles. The zero-order valence-corrected chi connectivity index (χ0v) is 21.1. The molecule has 1 saturated heterocycles. The first-order chi connectivity index (χ1) is 16.0. The first kappa shape index (κ1) is 22.5. The van der Waals surface area contributed by atoms with Crippen LogP contribution in [0.25, 0.3) is 0 Å². The molecule has 0 bridgehead atoms. The van der Waals surface area contributed by atoms with Gasteiger partial charge in [0.2, 0.25) is 11.9 Å². The zero-order valence-electron chi connectivity index (χ0n) is 19.4. The van der Waals surface area contributed by atoms with Gasteiger partial charge in [-0.1, -0.05) is 25.6 Å². The molecule has 9 heteroatoms. The van der Waals surface area contributed by atoms with E-state index in [0.717, 1.165) is 42.9 Å². The van der Waals surface area contributed by atoms with Crippen molar-refractivity contribution in [1.82, 2.24) is 19.7 Å². The van der Waals surface area contributed by atoms with Crippen molar-refractivity contribution in [2.45, 2.75) is 57.1 Å². The first-order valence-corrected chi connectivity index (χ1v) is 13.4. The Kier molecular flexibility index (Phi) is 6.51. The van der Waals surface area contributed by atoms with Crippen LogP contribution in [0.15, 0.2) is 39.4 Å². The van der Waals surface area contributed by atoms with E-state index in [2.05, 4.69) is 45.0 Å². The second kappa shape index (κ2) is 9.54. The molecule has 3 unspecified atom stereocenters. The maximum atomic E-state index is 13.3. The number of piperidine rings is 1. The van der Waals surface area contributed by atoms with E-state index in [0.29, 0.717) is 24.9 Å². The summed E-state index contributed by atoms with van der Waals surface area (Å²) in [5.41, 5.74) is 1.29. The summed E-state index contributed by atoms with van der Waals surface area (Å²) in [6.45, 7) is 10.6. The molecule has 0 aromatic carbocycles. The van der Waals surface area contributed by atoms with E-state index >= 15 is 0 Å². The Bertz CT molecular complexity index is 1080. The lowest BCUT2D eigenvalue weighted by molar-refractivity contribution is -0.131. The number of hydrogen-bond acceptors (Lipinski definition) is 7. The van der Waals surface area contributed by atoms with Gasteiger partial charge in [-0.2, -0.15) is 0 Å². The third-order valence-corrected chi connectivity index (χ3v) is 8.58. The molecule has 1 fully saturated rings. The van der Waals surface area contributed by atoms with Gasteiger partial charge in [-0.25, -0.2) is 0 Å². The van der Waals surface area contributed by atoms with Crippen LogP contribution < -0.4 is 4.90 Å². The first-order valence-electron chi connectivity index (χ1n) is 11.7. The van der Waals surface area contributed by atoms with Crippen molar-refractivity contribution in [3.63, 3.8) is 0 Å². The number of thioether (sulfide) groups is 1. The highest BCUT2D eigenvalue weighted by atomic mass is 32.2. The molecule has 5 rings (SSSR count). The number of thiophene rings is 1. The Balaban J connectivity index is 1.36. The Labute approximate surface area is 203 Å². The Hall–Kier alpha value is -2.26. The molecule has 2 aliphatic heterocycles. The third kappa shape index (κ3) is 4.84. The standard InChI is InChI=1S/C24H31N5O2S2/c1-16-11-17(2)13-28(12-16)23-25-26-24(29(23)15-20-5-4-9-31-20)33-18(3)22(30)27-8-6-21-19(14-27)7-10-32-21/h4-5,7,9-10,16-18H,6,8,11-15H2,1-3H3. The smallest absolute Gasteiger partial charge is 0.236 e. The molecule has 33 heavy (non-hydrogen) atoms. The SMILES string of the molecule is CC1CC(C)CN(c2nnc(SC(C)C(=O)N3CCc4sccc4C3)n2Cc2ccco2)C1. The lowest BCUT2D eigenvalue weighted by atomic mass is 9.92. The van der Waals surface area contributed by atoms with Crippen LogP contribution in [0, 0.1) is 11.8 Å². The molecule has 0 aliphatic carbocycles. The summed E-state index contributed by atoms with van der Waals surface area (Å²) in [7, 11) is 0. The van der Waals surface area contributed by atoms with Crippen LogP contribution in [0.1, 0.15) is 43.4 Å². The van der Waals surface area contributed by atoms with Gasteiger partial charge in [0.25, 0.3) is 0 Å². The average Bonchev–Trinajstić information content (AvgIpc) is 3.54. The fraction of sp³-hybridized carbons (Fsp3) is 0.542. The van der Waals surface area contributed by atoms with Gasteiger partial charge in [-0.3, -0.25) is 9.36 Å². The number of amides is 1. The van der Waals surface area contributed by atoms with E-state index in [1.54, 1.807) is 17.6 Å². The molecular weight excluding hydrogens is 454 g/mol. The number of carbonyl (C=O) groups is 1. The fourth-order valence-corrected chi connectivity index (χ4v) is 6.84. The molecule has 2 aliphatic rings. The molecule has 3 aromatic rings. The van der Waals surface area contributed by atoms with Crippen molar-refractivity contribution < 1.29 is 9.21 Å². The minimum absolute atomic E-state index is 0.158. The number of nitrogens with zero attached hydrogens (tertiary/aromatic N) is 5. The highest BCUT2D eigenvalue weighted by Gasteiger charge is 2.30. The number of fused-ring (bicyclic) bond motifs is 1. The minimum Gasteiger partial charge on any atom is -0.467 e. The van der Waals surface area contributed by atoms with E-state index in [4.69, 9.17) is 4.42 Å². The summed E-state index contributed by atoms with van der Waals surface area (Å²) < 4.78 is 7.76. The molecule has 0 N–H and O–H groups in total. The summed E-state index contributed by atoms with van der Waals surface area (Å²) in [5, 5.41) is 11.8. The maximum absolute atomic E-state index is 13.3. The third-order valence-electron chi connectivity index (χ3n) is 6.49. The zero-order chi connectivity index (χ0) is 22.9. The largest absolute Gasteiger partial charge is 0.467 e. The number of carbonyl (C=O) groups excluding carboxylic acids is 1. The Morgan fingerprint density at radius 2 is 2.09 bits per heavy atom. The molecule has 0 saturated carbocycles. The number of hydrogen-bond donors (Lipinski definition) is 0. The summed E-state index contributed by atoms with van der Waals surface area (Å²) in [6.07, 6.45) is 3.87. The van der Waals surface area contributed by atoms with Gasteiger partial charge < -0.3 is 14.2 Å². The number of aromatic nitrogens is 3. The van der Waals surface area contributed by atoms with Gasteiger partial charge in [0.05, 0.1) is 18.1 Å². The van der Waals surface area contributed by atoms with Crippen molar-refractivity contribution >= 4 is 35.0 Å². The topological polar surface area (TPSA) is 67.4 Å². The van der Waals surface area contributed by atoms with Crippen molar-refractivity contribution in [2.75, 3.05) is 24.5 Å². The van der Waals surface area contributed by atoms with Crippen molar-refractivity contribution in [3.8, 4) is 0 Å². The summed E-state index contributed by atoms with van der Waals surface area (Å²) in [6, 6.07) is 6.02. The van der Waals surface area contributed by atoms with Crippen LogP contribution >= 0.6 is 23.1 Å². The summed E-state index contributed by atoms with van der Waals surface area (Å²) in [4.78, 5) is 19.0. The van der Waals surface area contributed by atoms with E-state index in [9.17, 15) is 4.79 Å². The van der Waals surface area contributed by atoms with Crippen LogP contribution in [-0.4, -0.2) is 50.5 Å². The molecule has 3 aromatic heterocycles.